The van der Waals surface area contributed by atoms with Crippen molar-refractivity contribution in [2.45, 2.75) is 26.4 Å². The minimum absolute atomic E-state index is 0.172. The van der Waals surface area contributed by atoms with Crippen LogP contribution in [0.15, 0.2) is 36.5 Å². The molecule has 0 aliphatic rings. The fourth-order valence-electron chi connectivity index (χ4n) is 2.29. The Morgan fingerprint density at radius 2 is 2.00 bits per heavy atom. The molecular weight excluding hydrogens is 264 g/mol. The van der Waals surface area contributed by atoms with Gasteiger partial charge in [0.1, 0.15) is 5.75 Å². The molecule has 1 unspecified atom stereocenters. The van der Waals surface area contributed by atoms with E-state index in [1.165, 1.54) is 5.56 Å². The normalized spacial score (nSPS) is 12.0. The van der Waals surface area contributed by atoms with Crippen LogP contribution >= 0.6 is 0 Å². The number of aromatic nitrogens is 1. The summed E-state index contributed by atoms with van der Waals surface area (Å²) in [6.45, 7) is 4.87. The Hall–Kier alpha value is -2.07. The molecule has 1 heterocycles. The van der Waals surface area contributed by atoms with Crippen LogP contribution in [-0.4, -0.2) is 19.2 Å². The summed E-state index contributed by atoms with van der Waals surface area (Å²) in [5, 5.41) is 3.48. The van der Waals surface area contributed by atoms with Gasteiger partial charge in [0.25, 0.3) is 0 Å². The van der Waals surface area contributed by atoms with Gasteiger partial charge in [-0.3, -0.25) is 0 Å². The molecule has 21 heavy (non-hydrogen) atoms. The van der Waals surface area contributed by atoms with E-state index in [-0.39, 0.29) is 6.04 Å². The van der Waals surface area contributed by atoms with Crippen LogP contribution in [0.2, 0.25) is 0 Å². The first-order valence-corrected chi connectivity index (χ1v) is 7.01. The Kier molecular flexibility index (Phi) is 5.17. The van der Waals surface area contributed by atoms with Crippen LogP contribution in [0.5, 0.6) is 11.6 Å². The number of hydrogen-bond donors (Lipinski definition) is 1. The lowest BCUT2D eigenvalue weighted by molar-refractivity contribution is 0.386. The lowest BCUT2D eigenvalue weighted by Crippen LogP contribution is -2.19. The number of rotatable bonds is 6. The van der Waals surface area contributed by atoms with Crippen molar-refractivity contribution in [2.24, 2.45) is 0 Å². The average Bonchev–Trinajstić information content (AvgIpc) is 2.52. The van der Waals surface area contributed by atoms with E-state index in [1.807, 2.05) is 12.1 Å². The van der Waals surface area contributed by atoms with E-state index in [0.717, 1.165) is 16.9 Å². The molecule has 0 saturated carbocycles. The molecule has 1 aromatic heterocycles. The summed E-state index contributed by atoms with van der Waals surface area (Å²) < 4.78 is 10.7. The van der Waals surface area contributed by atoms with E-state index < -0.39 is 0 Å². The van der Waals surface area contributed by atoms with E-state index in [0.29, 0.717) is 12.4 Å². The highest BCUT2D eigenvalue weighted by Gasteiger charge is 2.12. The standard InChI is InChI=1S/C17H22N2O2/c1-12-7-8-15(16(10-12)20-3)13(2)19-11-14-6-5-9-18-17(14)21-4/h5-10,13,19H,11H2,1-4H3. The summed E-state index contributed by atoms with van der Waals surface area (Å²) in [6, 6.07) is 10.4. The van der Waals surface area contributed by atoms with Crippen LogP contribution in [-0.2, 0) is 6.54 Å². The Morgan fingerprint density at radius 1 is 1.19 bits per heavy atom. The molecule has 0 aliphatic carbocycles. The van der Waals surface area contributed by atoms with Gasteiger partial charge in [-0.25, -0.2) is 4.98 Å². The zero-order chi connectivity index (χ0) is 15.2. The van der Waals surface area contributed by atoms with E-state index >= 15 is 0 Å². The summed E-state index contributed by atoms with van der Waals surface area (Å²) >= 11 is 0. The minimum atomic E-state index is 0.172. The lowest BCUT2D eigenvalue weighted by atomic mass is 10.0. The Morgan fingerprint density at radius 3 is 2.71 bits per heavy atom. The number of nitrogens with one attached hydrogen (secondary N) is 1. The SMILES string of the molecule is COc1cc(C)ccc1C(C)NCc1cccnc1OC. The van der Waals surface area contributed by atoms with Gasteiger partial charge in [0.2, 0.25) is 5.88 Å². The van der Waals surface area contributed by atoms with Crippen molar-refractivity contribution in [2.75, 3.05) is 14.2 Å². The van der Waals surface area contributed by atoms with E-state index in [1.54, 1.807) is 20.4 Å². The highest BCUT2D eigenvalue weighted by molar-refractivity contribution is 5.39. The van der Waals surface area contributed by atoms with Gasteiger partial charge < -0.3 is 14.8 Å². The first-order valence-electron chi connectivity index (χ1n) is 7.01. The van der Waals surface area contributed by atoms with Crippen LogP contribution in [0.25, 0.3) is 0 Å². The topological polar surface area (TPSA) is 43.4 Å². The predicted octanol–water partition coefficient (Wildman–Crippen LogP) is 3.26. The largest absolute Gasteiger partial charge is 0.496 e. The molecule has 0 bridgehead atoms. The molecule has 1 N–H and O–H groups in total. The number of ether oxygens (including phenoxy) is 2. The van der Waals surface area contributed by atoms with Crippen molar-refractivity contribution in [1.29, 1.82) is 0 Å². The summed E-state index contributed by atoms with van der Waals surface area (Å²) in [7, 11) is 3.34. The number of aryl methyl sites for hydroxylation is 1. The highest BCUT2D eigenvalue weighted by atomic mass is 16.5. The molecule has 0 radical (unpaired) electrons. The Balaban J connectivity index is 2.10. The molecular formula is C17H22N2O2. The molecule has 1 aromatic carbocycles. The molecule has 2 aromatic rings. The maximum atomic E-state index is 5.47. The molecule has 0 amide bonds. The first-order chi connectivity index (χ1) is 10.2. The second-order valence-corrected chi connectivity index (χ2v) is 5.02. The van der Waals surface area contributed by atoms with Crippen LogP contribution < -0.4 is 14.8 Å². The van der Waals surface area contributed by atoms with Crippen LogP contribution in [0.1, 0.15) is 29.7 Å². The highest BCUT2D eigenvalue weighted by Crippen LogP contribution is 2.26. The lowest BCUT2D eigenvalue weighted by Gasteiger charge is -2.18. The van der Waals surface area contributed by atoms with Gasteiger partial charge in [-0.2, -0.15) is 0 Å². The van der Waals surface area contributed by atoms with Crippen molar-refractivity contribution in [3.8, 4) is 11.6 Å². The van der Waals surface area contributed by atoms with Gasteiger partial charge in [0.05, 0.1) is 14.2 Å². The summed E-state index contributed by atoms with van der Waals surface area (Å²) in [5.74, 6) is 1.57. The van der Waals surface area contributed by atoms with Gasteiger partial charge in [-0.1, -0.05) is 18.2 Å². The average molecular weight is 286 g/mol. The summed E-state index contributed by atoms with van der Waals surface area (Å²) in [5.41, 5.74) is 3.38. The fraction of sp³-hybridized carbons (Fsp3) is 0.353. The first kappa shape index (κ1) is 15.3. The predicted molar refractivity (Wildman–Crippen MR) is 83.8 cm³/mol. The number of benzene rings is 1. The quantitative estimate of drug-likeness (QED) is 0.885. The molecule has 0 spiro atoms. The maximum absolute atomic E-state index is 5.47. The molecule has 112 valence electrons. The maximum Gasteiger partial charge on any atom is 0.217 e. The van der Waals surface area contributed by atoms with Crippen molar-refractivity contribution in [3.63, 3.8) is 0 Å². The second-order valence-electron chi connectivity index (χ2n) is 5.02. The monoisotopic (exact) mass is 286 g/mol. The van der Waals surface area contributed by atoms with Crippen molar-refractivity contribution in [1.82, 2.24) is 10.3 Å². The fourth-order valence-corrected chi connectivity index (χ4v) is 2.29. The van der Waals surface area contributed by atoms with Crippen LogP contribution in [0.4, 0.5) is 0 Å². The van der Waals surface area contributed by atoms with Gasteiger partial charge in [-0.15, -0.1) is 0 Å². The van der Waals surface area contributed by atoms with Crippen LogP contribution in [0.3, 0.4) is 0 Å². The van der Waals surface area contributed by atoms with E-state index in [2.05, 4.69) is 42.3 Å². The smallest absolute Gasteiger partial charge is 0.217 e. The molecule has 0 fully saturated rings. The number of methoxy groups -OCH3 is 2. The number of hydrogen-bond acceptors (Lipinski definition) is 4. The number of pyridine rings is 1. The van der Waals surface area contributed by atoms with Crippen LogP contribution in [0, 0.1) is 6.92 Å². The van der Waals surface area contributed by atoms with Gasteiger partial charge in [-0.05, 0) is 31.5 Å². The molecule has 1 atom stereocenters. The summed E-state index contributed by atoms with van der Waals surface area (Å²) in [6.07, 6.45) is 1.73. The third kappa shape index (κ3) is 3.73. The third-order valence-corrected chi connectivity index (χ3v) is 3.50. The Labute approximate surface area is 126 Å². The molecule has 4 nitrogen and oxygen atoms in total. The number of nitrogens with zero attached hydrogens (tertiary/aromatic N) is 1. The van der Waals surface area contributed by atoms with Crippen molar-refractivity contribution >= 4 is 0 Å². The molecule has 0 aliphatic heterocycles. The Bertz CT molecular complexity index is 599. The molecule has 4 heteroatoms. The van der Waals surface area contributed by atoms with Gasteiger partial charge in [0, 0.05) is 29.9 Å². The van der Waals surface area contributed by atoms with Crippen molar-refractivity contribution < 1.29 is 9.47 Å². The molecule has 0 saturated heterocycles. The molecule has 2 rings (SSSR count). The summed E-state index contributed by atoms with van der Waals surface area (Å²) in [4.78, 5) is 4.21. The van der Waals surface area contributed by atoms with Gasteiger partial charge in [0.15, 0.2) is 0 Å². The zero-order valence-corrected chi connectivity index (χ0v) is 13.0. The van der Waals surface area contributed by atoms with Crippen molar-refractivity contribution in [3.05, 3.63) is 53.2 Å². The minimum Gasteiger partial charge on any atom is -0.496 e. The van der Waals surface area contributed by atoms with E-state index in [4.69, 9.17) is 9.47 Å². The second kappa shape index (κ2) is 7.09. The van der Waals surface area contributed by atoms with Gasteiger partial charge >= 0.3 is 0 Å². The zero-order valence-electron chi connectivity index (χ0n) is 13.0. The third-order valence-electron chi connectivity index (χ3n) is 3.50. The van der Waals surface area contributed by atoms with E-state index in [9.17, 15) is 0 Å².